The summed E-state index contributed by atoms with van der Waals surface area (Å²) in [7, 11) is 0. The Kier molecular flexibility index (Phi) is 5.20. The van der Waals surface area contributed by atoms with Crippen molar-refractivity contribution in [3.05, 3.63) is 96.1 Å². The second kappa shape index (κ2) is 8.29. The van der Waals surface area contributed by atoms with Gasteiger partial charge in [-0.05, 0) is 40.1 Å². The average molecular weight is 395 g/mol. The van der Waals surface area contributed by atoms with Gasteiger partial charge in [0.05, 0.1) is 31.9 Å². The van der Waals surface area contributed by atoms with Crippen molar-refractivity contribution in [2.45, 2.75) is 13.5 Å². The molecule has 0 aromatic heterocycles. The van der Waals surface area contributed by atoms with E-state index in [0.29, 0.717) is 0 Å². The first-order valence-electron chi connectivity index (χ1n) is 10.9. The van der Waals surface area contributed by atoms with Crippen molar-refractivity contribution >= 4 is 27.3 Å². The fourth-order valence-electron chi connectivity index (χ4n) is 4.49. The first kappa shape index (κ1) is 18.8. The second-order valence-corrected chi connectivity index (χ2v) is 8.27. The summed E-state index contributed by atoms with van der Waals surface area (Å²) in [6.07, 6.45) is 0. The van der Waals surface area contributed by atoms with Gasteiger partial charge in [0, 0.05) is 5.56 Å². The third kappa shape index (κ3) is 3.94. The number of nitrogens with zero attached hydrogens (tertiary/aromatic N) is 2. The SMILES string of the molecule is C/C(=N\N1CC[NH+](Cc2cccc3ccccc23)CC1)c1ccc2ccccc2c1. The van der Waals surface area contributed by atoms with E-state index < -0.39 is 0 Å². The van der Waals surface area contributed by atoms with E-state index in [4.69, 9.17) is 5.10 Å². The molecule has 5 rings (SSSR count). The molecule has 4 aromatic rings. The molecule has 1 saturated heterocycles. The van der Waals surface area contributed by atoms with Crippen molar-refractivity contribution in [3.8, 4) is 0 Å². The van der Waals surface area contributed by atoms with Crippen molar-refractivity contribution in [2.24, 2.45) is 5.10 Å². The number of hydrogen-bond acceptors (Lipinski definition) is 2. The van der Waals surface area contributed by atoms with E-state index in [1.54, 1.807) is 4.90 Å². The maximum atomic E-state index is 4.94. The molecule has 1 fully saturated rings. The summed E-state index contributed by atoms with van der Waals surface area (Å²) in [5.41, 5.74) is 3.75. The van der Waals surface area contributed by atoms with Crippen molar-refractivity contribution < 1.29 is 4.90 Å². The quantitative estimate of drug-likeness (QED) is 0.516. The number of fused-ring (bicyclic) bond motifs is 2. The molecule has 1 aliphatic rings. The average Bonchev–Trinajstić information content (AvgIpc) is 2.80. The number of piperazine rings is 1. The number of nitrogens with one attached hydrogen (secondary N) is 1. The highest BCUT2D eigenvalue weighted by atomic mass is 15.5. The van der Waals surface area contributed by atoms with Crippen LogP contribution >= 0.6 is 0 Å². The van der Waals surface area contributed by atoms with Gasteiger partial charge >= 0.3 is 0 Å². The lowest BCUT2D eigenvalue weighted by molar-refractivity contribution is -0.918. The molecule has 3 nitrogen and oxygen atoms in total. The molecule has 150 valence electrons. The molecule has 1 aliphatic heterocycles. The largest absolute Gasteiger partial charge is 0.328 e. The van der Waals surface area contributed by atoms with Crippen LogP contribution in [0.4, 0.5) is 0 Å². The predicted octanol–water partition coefficient (Wildman–Crippen LogP) is 4.12. The third-order valence-corrected chi connectivity index (χ3v) is 6.23. The highest BCUT2D eigenvalue weighted by molar-refractivity contribution is 6.01. The normalized spacial score (nSPS) is 15.8. The molecule has 0 bridgehead atoms. The Morgan fingerprint density at radius 1 is 0.800 bits per heavy atom. The van der Waals surface area contributed by atoms with E-state index in [1.165, 1.54) is 32.7 Å². The van der Waals surface area contributed by atoms with Crippen LogP contribution in [0.5, 0.6) is 0 Å². The third-order valence-electron chi connectivity index (χ3n) is 6.23. The highest BCUT2D eigenvalue weighted by Crippen LogP contribution is 2.18. The molecule has 1 N–H and O–H groups in total. The van der Waals surface area contributed by atoms with Crippen LogP contribution in [0.1, 0.15) is 18.1 Å². The molecule has 30 heavy (non-hydrogen) atoms. The fraction of sp³-hybridized carbons (Fsp3) is 0.222. The van der Waals surface area contributed by atoms with Crippen LogP contribution in [0.2, 0.25) is 0 Å². The lowest BCUT2D eigenvalue weighted by Crippen LogP contribution is -3.13. The summed E-state index contributed by atoms with van der Waals surface area (Å²) >= 11 is 0. The maximum absolute atomic E-state index is 4.94. The van der Waals surface area contributed by atoms with E-state index in [1.807, 2.05) is 0 Å². The lowest BCUT2D eigenvalue weighted by atomic mass is 10.0. The Balaban J connectivity index is 1.25. The summed E-state index contributed by atoms with van der Waals surface area (Å²) in [5, 5.41) is 12.5. The van der Waals surface area contributed by atoms with Gasteiger partial charge in [-0.15, -0.1) is 0 Å². The number of quaternary nitrogens is 1. The molecule has 1 heterocycles. The van der Waals surface area contributed by atoms with E-state index >= 15 is 0 Å². The van der Waals surface area contributed by atoms with Gasteiger partial charge < -0.3 is 4.90 Å². The summed E-state index contributed by atoms with van der Waals surface area (Å²) in [5.74, 6) is 0. The molecule has 4 aromatic carbocycles. The molecule has 0 radical (unpaired) electrons. The zero-order valence-electron chi connectivity index (χ0n) is 17.5. The fourth-order valence-corrected chi connectivity index (χ4v) is 4.49. The zero-order chi connectivity index (χ0) is 20.3. The molecular formula is C27H28N3+. The van der Waals surface area contributed by atoms with Crippen molar-refractivity contribution in [1.29, 1.82) is 0 Å². The lowest BCUT2D eigenvalue weighted by Gasteiger charge is -2.31. The summed E-state index contributed by atoms with van der Waals surface area (Å²) in [6, 6.07) is 30.5. The minimum atomic E-state index is 1.00. The van der Waals surface area contributed by atoms with Gasteiger partial charge in [-0.2, -0.15) is 5.10 Å². The monoisotopic (exact) mass is 394 g/mol. The van der Waals surface area contributed by atoms with E-state index in [0.717, 1.165) is 38.4 Å². The number of hydrazone groups is 1. The van der Waals surface area contributed by atoms with Crippen LogP contribution in [-0.2, 0) is 6.54 Å². The molecule has 0 aliphatic carbocycles. The van der Waals surface area contributed by atoms with Crippen LogP contribution in [0.25, 0.3) is 21.5 Å². The van der Waals surface area contributed by atoms with E-state index in [-0.39, 0.29) is 0 Å². The molecule has 0 unspecified atom stereocenters. The van der Waals surface area contributed by atoms with Crippen LogP contribution in [0.15, 0.2) is 90.0 Å². The van der Waals surface area contributed by atoms with Gasteiger partial charge in [0.2, 0.25) is 0 Å². The van der Waals surface area contributed by atoms with Gasteiger partial charge in [0.25, 0.3) is 0 Å². The van der Waals surface area contributed by atoms with Gasteiger partial charge in [-0.25, -0.2) is 0 Å². The molecule has 0 amide bonds. The minimum absolute atomic E-state index is 1.00. The van der Waals surface area contributed by atoms with Gasteiger partial charge in [-0.1, -0.05) is 78.9 Å². The van der Waals surface area contributed by atoms with Gasteiger partial charge in [0.1, 0.15) is 6.54 Å². The zero-order valence-corrected chi connectivity index (χ0v) is 17.5. The summed E-state index contributed by atoms with van der Waals surface area (Å²) in [4.78, 5) is 1.64. The summed E-state index contributed by atoms with van der Waals surface area (Å²) in [6.45, 7) is 7.47. The molecule has 0 spiro atoms. The Morgan fingerprint density at radius 2 is 1.50 bits per heavy atom. The first-order valence-corrected chi connectivity index (χ1v) is 10.9. The predicted molar refractivity (Wildman–Crippen MR) is 126 cm³/mol. The molecule has 0 atom stereocenters. The summed E-state index contributed by atoms with van der Waals surface area (Å²) < 4.78 is 0. The topological polar surface area (TPSA) is 20.0 Å². The van der Waals surface area contributed by atoms with Crippen LogP contribution in [-0.4, -0.2) is 36.9 Å². The Labute approximate surface area is 178 Å². The molecule has 3 heteroatoms. The standard InChI is InChI=1S/C27H27N3/c1-21(24-14-13-22-7-2-3-9-25(22)19-24)28-30-17-15-29(16-18-30)20-26-11-6-10-23-8-4-5-12-27(23)26/h2-14,19H,15-18,20H2,1H3/p+1/b28-21+. The van der Waals surface area contributed by atoms with Crippen LogP contribution in [0.3, 0.4) is 0 Å². The first-order chi connectivity index (χ1) is 14.8. The van der Waals surface area contributed by atoms with Gasteiger partial charge in [-0.3, -0.25) is 5.01 Å². The van der Waals surface area contributed by atoms with E-state index in [2.05, 4.69) is 96.9 Å². The number of benzene rings is 4. The van der Waals surface area contributed by atoms with E-state index in [9.17, 15) is 0 Å². The minimum Gasteiger partial charge on any atom is -0.328 e. The van der Waals surface area contributed by atoms with Crippen molar-refractivity contribution in [1.82, 2.24) is 5.01 Å². The van der Waals surface area contributed by atoms with Crippen LogP contribution in [0, 0.1) is 0 Å². The second-order valence-electron chi connectivity index (χ2n) is 8.27. The molecule has 0 saturated carbocycles. The Morgan fingerprint density at radius 3 is 2.33 bits per heavy atom. The van der Waals surface area contributed by atoms with Crippen LogP contribution < -0.4 is 4.90 Å². The number of rotatable bonds is 4. The number of hydrogen-bond donors (Lipinski definition) is 1. The van der Waals surface area contributed by atoms with Crippen molar-refractivity contribution in [3.63, 3.8) is 0 Å². The highest BCUT2D eigenvalue weighted by Gasteiger charge is 2.20. The Hall–Kier alpha value is -3.17. The molecular weight excluding hydrogens is 366 g/mol. The van der Waals surface area contributed by atoms with Crippen molar-refractivity contribution in [2.75, 3.05) is 26.2 Å². The van der Waals surface area contributed by atoms with Gasteiger partial charge in [0.15, 0.2) is 0 Å². The maximum Gasteiger partial charge on any atom is 0.104 e. The smallest absolute Gasteiger partial charge is 0.104 e. The Bertz CT molecular complexity index is 1200.